The summed E-state index contributed by atoms with van der Waals surface area (Å²) in [5.41, 5.74) is 3.31. The molecule has 1 saturated heterocycles. The van der Waals surface area contributed by atoms with E-state index in [4.69, 9.17) is 4.74 Å². The third kappa shape index (κ3) is 4.00. The summed E-state index contributed by atoms with van der Waals surface area (Å²) in [6.45, 7) is 5.59. The van der Waals surface area contributed by atoms with Crippen LogP contribution in [-0.4, -0.2) is 65.5 Å². The van der Waals surface area contributed by atoms with E-state index < -0.39 is 0 Å². The molecule has 174 valence electrons. The number of hydrogen-bond donors (Lipinski definition) is 1. The molecule has 1 N–H and O–H groups in total. The first-order valence-corrected chi connectivity index (χ1v) is 11.4. The van der Waals surface area contributed by atoms with Crippen LogP contribution in [0.4, 0.5) is 11.5 Å². The number of methoxy groups -OCH3 is 1. The number of aromatic nitrogens is 4. The average Bonchev–Trinajstić information content (AvgIpc) is 3.33. The number of amides is 1. The maximum Gasteiger partial charge on any atom is 0.251 e. The summed E-state index contributed by atoms with van der Waals surface area (Å²) in [6, 6.07) is 15.5. The van der Waals surface area contributed by atoms with Gasteiger partial charge in [-0.25, -0.2) is 14.6 Å². The molecule has 1 aliphatic heterocycles. The van der Waals surface area contributed by atoms with Crippen LogP contribution in [0, 0.1) is 0 Å². The topological polar surface area (TPSA) is 88.4 Å². The molecule has 1 aliphatic rings. The van der Waals surface area contributed by atoms with Crippen LogP contribution in [0.1, 0.15) is 17.3 Å². The number of anilines is 2. The predicted octanol–water partition coefficient (Wildman–Crippen LogP) is 2.90. The second-order valence-corrected chi connectivity index (χ2v) is 8.05. The van der Waals surface area contributed by atoms with Crippen molar-refractivity contribution in [3.05, 3.63) is 66.6 Å². The van der Waals surface area contributed by atoms with Crippen LogP contribution in [0.15, 0.2) is 61.1 Å². The number of fused-ring (bicyclic) bond motifs is 1. The third-order valence-electron chi connectivity index (χ3n) is 6.04. The zero-order valence-electron chi connectivity index (χ0n) is 19.3. The van der Waals surface area contributed by atoms with E-state index in [-0.39, 0.29) is 5.91 Å². The van der Waals surface area contributed by atoms with Crippen molar-refractivity contribution in [3.63, 3.8) is 0 Å². The van der Waals surface area contributed by atoms with Crippen LogP contribution in [-0.2, 0) is 0 Å². The number of ether oxygens (including phenoxy) is 1. The molecule has 0 atom stereocenters. The van der Waals surface area contributed by atoms with E-state index in [9.17, 15) is 4.79 Å². The fourth-order valence-corrected chi connectivity index (χ4v) is 4.34. The van der Waals surface area contributed by atoms with Crippen molar-refractivity contribution in [2.75, 3.05) is 49.6 Å². The summed E-state index contributed by atoms with van der Waals surface area (Å²) in [4.78, 5) is 25.9. The number of rotatable bonds is 6. The van der Waals surface area contributed by atoms with Crippen molar-refractivity contribution < 1.29 is 9.53 Å². The Bertz CT molecular complexity index is 1300. The SMILES string of the molecule is CCNC(=O)c1ccc(OC)c(N2CCN(c3ncnc4c3cnn4-c3ccccc3)CC2)c1. The summed E-state index contributed by atoms with van der Waals surface area (Å²) in [5.74, 6) is 1.56. The summed E-state index contributed by atoms with van der Waals surface area (Å²) >= 11 is 0. The largest absolute Gasteiger partial charge is 0.495 e. The van der Waals surface area contributed by atoms with Crippen LogP contribution in [0.2, 0.25) is 0 Å². The maximum absolute atomic E-state index is 12.3. The summed E-state index contributed by atoms with van der Waals surface area (Å²) in [5, 5.41) is 8.36. The van der Waals surface area contributed by atoms with Gasteiger partial charge in [0.25, 0.3) is 5.91 Å². The van der Waals surface area contributed by atoms with Gasteiger partial charge in [-0.05, 0) is 37.3 Å². The van der Waals surface area contributed by atoms with Crippen molar-refractivity contribution in [1.29, 1.82) is 0 Å². The number of benzene rings is 2. The molecule has 0 unspecified atom stereocenters. The minimum absolute atomic E-state index is 0.0798. The lowest BCUT2D eigenvalue weighted by atomic mass is 10.1. The predicted molar refractivity (Wildman–Crippen MR) is 132 cm³/mol. The van der Waals surface area contributed by atoms with Gasteiger partial charge >= 0.3 is 0 Å². The molecular formula is C25H27N7O2. The van der Waals surface area contributed by atoms with Crippen molar-refractivity contribution in [3.8, 4) is 11.4 Å². The van der Waals surface area contributed by atoms with Gasteiger partial charge in [-0.3, -0.25) is 4.79 Å². The van der Waals surface area contributed by atoms with E-state index in [1.54, 1.807) is 19.5 Å². The van der Waals surface area contributed by atoms with Crippen LogP contribution < -0.4 is 19.9 Å². The van der Waals surface area contributed by atoms with E-state index in [0.717, 1.165) is 60.2 Å². The lowest BCUT2D eigenvalue weighted by molar-refractivity contribution is 0.0956. The monoisotopic (exact) mass is 457 g/mol. The zero-order valence-corrected chi connectivity index (χ0v) is 19.3. The summed E-state index contributed by atoms with van der Waals surface area (Å²) in [6.07, 6.45) is 3.44. The first kappa shape index (κ1) is 21.7. The molecule has 0 aliphatic carbocycles. The molecule has 1 fully saturated rings. The van der Waals surface area contributed by atoms with E-state index in [2.05, 4.69) is 30.2 Å². The minimum atomic E-state index is -0.0798. The Morgan fingerprint density at radius 2 is 1.79 bits per heavy atom. The Kier molecular flexibility index (Phi) is 5.99. The molecule has 2 aromatic heterocycles. The molecular weight excluding hydrogens is 430 g/mol. The van der Waals surface area contributed by atoms with Gasteiger partial charge in [0.15, 0.2) is 5.65 Å². The van der Waals surface area contributed by atoms with Crippen molar-refractivity contribution in [1.82, 2.24) is 25.1 Å². The van der Waals surface area contributed by atoms with Crippen molar-refractivity contribution in [2.24, 2.45) is 0 Å². The highest BCUT2D eigenvalue weighted by Crippen LogP contribution is 2.32. The van der Waals surface area contributed by atoms with Crippen LogP contribution in [0.25, 0.3) is 16.7 Å². The van der Waals surface area contributed by atoms with E-state index >= 15 is 0 Å². The molecule has 2 aromatic carbocycles. The van der Waals surface area contributed by atoms with Gasteiger partial charge in [0, 0.05) is 38.3 Å². The maximum atomic E-state index is 12.3. The molecule has 34 heavy (non-hydrogen) atoms. The van der Waals surface area contributed by atoms with Gasteiger partial charge in [0.1, 0.15) is 17.9 Å². The van der Waals surface area contributed by atoms with Crippen molar-refractivity contribution >= 4 is 28.4 Å². The summed E-state index contributed by atoms with van der Waals surface area (Å²) < 4.78 is 7.43. The zero-order chi connectivity index (χ0) is 23.5. The fourth-order valence-electron chi connectivity index (χ4n) is 4.34. The normalized spacial score (nSPS) is 13.8. The highest BCUT2D eigenvalue weighted by atomic mass is 16.5. The molecule has 4 aromatic rings. The van der Waals surface area contributed by atoms with Gasteiger partial charge in [0.05, 0.1) is 30.1 Å². The molecule has 0 spiro atoms. The van der Waals surface area contributed by atoms with Crippen molar-refractivity contribution in [2.45, 2.75) is 6.92 Å². The van der Waals surface area contributed by atoms with E-state index in [1.807, 2.05) is 60.3 Å². The van der Waals surface area contributed by atoms with Gasteiger partial charge < -0.3 is 19.9 Å². The third-order valence-corrected chi connectivity index (χ3v) is 6.04. The van der Waals surface area contributed by atoms with Gasteiger partial charge in [-0.1, -0.05) is 18.2 Å². The van der Waals surface area contributed by atoms with E-state index in [1.165, 1.54) is 0 Å². The molecule has 5 rings (SSSR count). The highest BCUT2D eigenvalue weighted by molar-refractivity contribution is 5.95. The highest BCUT2D eigenvalue weighted by Gasteiger charge is 2.24. The van der Waals surface area contributed by atoms with Gasteiger partial charge in [-0.2, -0.15) is 5.10 Å². The number of nitrogens with zero attached hydrogens (tertiary/aromatic N) is 6. The fraction of sp³-hybridized carbons (Fsp3) is 0.280. The smallest absolute Gasteiger partial charge is 0.251 e. The molecule has 0 bridgehead atoms. The molecule has 9 heteroatoms. The molecule has 3 heterocycles. The van der Waals surface area contributed by atoms with Gasteiger partial charge in [-0.15, -0.1) is 0 Å². The lowest BCUT2D eigenvalue weighted by Gasteiger charge is -2.37. The lowest BCUT2D eigenvalue weighted by Crippen LogP contribution is -2.47. The number of nitrogens with one attached hydrogen (secondary N) is 1. The Balaban J connectivity index is 1.38. The minimum Gasteiger partial charge on any atom is -0.495 e. The number of piperazine rings is 1. The van der Waals surface area contributed by atoms with E-state index in [0.29, 0.717) is 12.1 Å². The van der Waals surface area contributed by atoms with Gasteiger partial charge in [0.2, 0.25) is 0 Å². The quantitative estimate of drug-likeness (QED) is 0.476. The number of para-hydroxylation sites is 1. The molecule has 9 nitrogen and oxygen atoms in total. The van der Waals surface area contributed by atoms with Crippen LogP contribution in [0.5, 0.6) is 5.75 Å². The Hall–Kier alpha value is -4.14. The first-order valence-electron chi connectivity index (χ1n) is 11.4. The first-order chi connectivity index (χ1) is 16.7. The van der Waals surface area contributed by atoms with Crippen LogP contribution >= 0.6 is 0 Å². The Morgan fingerprint density at radius 1 is 1.03 bits per heavy atom. The summed E-state index contributed by atoms with van der Waals surface area (Å²) in [7, 11) is 1.66. The number of carbonyl (C=O) groups is 1. The Labute approximate surface area is 198 Å². The second-order valence-electron chi connectivity index (χ2n) is 8.05. The molecule has 0 radical (unpaired) electrons. The Morgan fingerprint density at radius 3 is 2.53 bits per heavy atom. The molecule has 0 saturated carbocycles. The number of hydrogen-bond acceptors (Lipinski definition) is 7. The standard InChI is InChI=1S/C25H27N7O2/c1-3-26-25(33)18-9-10-22(34-2)21(15-18)30-11-13-31(14-12-30)23-20-16-29-32(24(20)28-17-27-23)19-7-5-4-6-8-19/h4-10,15-17H,3,11-14H2,1-2H3,(H,26,33). The van der Waals surface area contributed by atoms with Crippen LogP contribution in [0.3, 0.4) is 0 Å². The number of carbonyl (C=O) groups excluding carboxylic acids is 1. The molecule has 1 amide bonds. The second kappa shape index (κ2) is 9.38. The average molecular weight is 458 g/mol.